The predicted octanol–water partition coefficient (Wildman–Crippen LogP) is 2.37. The Morgan fingerprint density at radius 1 is 1.17 bits per heavy atom. The zero-order valence-electron chi connectivity index (χ0n) is 8.42. The molecule has 1 saturated heterocycles. The third-order valence-corrected chi connectivity index (χ3v) is 3.57. The molecule has 0 aromatic rings. The van der Waals surface area contributed by atoms with Gasteiger partial charge in [0.2, 0.25) is 0 Å². The van der Waals surface area contributed by atoms with Crippen molar-refractivity contribution < 1.29 is 0 Å². The molecule has 1 heteroatoms. The molecule has 0 N–H and O–H groups in total. The third kappa shape index (κ3) is 1.66. The zero-order valence-corrected chi connectivity index (χ0v) is 8.42. The highest BCUT2D eigenvalue weighted by Gasteiger charge is 2.32. The number of nitrogens with zero attached hydrogens (tertiary/aromatic N) is 1. The highest BCUT2D eigenvalue weighted by molar-refractivity contribution is 4.85. The van der Waals surface area contributed by atoms with Crippen LogP contribution in [0.2, 0.25) is 0 Å². The van der Waals surface area contributed by atoms with Gasteiger partial charge in [-0.3, -0.25) is 0 Å². The molecule has 70 valence electrons. The summed E-state index contributed by atoms with van der Waals surface area (Å²) < 4.78 is 0. The summed E-state index contributed by atoms with van der Waals surface area (Å²) in [4.78, 5) is 2.63. The smallest absolute Gasteiger partial charge is 0.00195 e. The molecule has 1 saturated carbocycles. The highest BCUT2D eigenvalue weighted by Crippen LogP contribution is 2.37. The van der Waals surface area contributed by atoms with E-state index in [9.17, 15) is 0 Å². The van der Waals surface area contributed by atoms with Crippen molar-refractivity contribution in [3.8, 4) is 0 Å². The van der Waals surface area contributed by atoms with Gasteiger partial charge in [-0.15, -0.1) is 0 Å². The summed E-state index contributed by atoms with van der Waals surface area (Å²) in [7, 11) is 0. The molecule has 2 rings (SSSR count). The Kier molecular flexibility index (Phi) is 2.40. The second-order valence-electron chi connectivity index (χ2n) is 4.94. The normalized spacial score (nSPS) is 37.5. The van der Waals surface area contributed by atoms with E-state index in [1.165, 1.54) is 38.9 Å². The number of hydrogen-bond donors (Lipinski definition) is 0. The van der Waals surface area contributed by atoms with Gasteiger partial charge in [0.1, 0.15) is 0 Å². The van der Waals surface area contributed by atoms with Crippen LogP contribution in [0.25, 0.3) is 0 Å². The van der Waals surface area contributed by atoms with E-state index in [0.717, 1.165) is 17.8 Å². The van der Waals surface area contributed by atoms with Gasteiger partial charge in [-0.05, 0) is 30.6 Å². The van der Waals surface area contributed by atoms with Crippen LogP contribution in [0.3, 0.4) is 0 Å². The van der Waals surface area contributed by atoms with Crippen molar-refractivity contribution in [2.75, 3.05) is 19.6 Å². The molecule has 0 radical (unpaired) electrons. The van der Waals surface area contributed by atoms with Crippen LogP contribution in [0.1, 0.15) is 33.1 Å². The van der Waals surface area contributed by atoms with Crippen molar-refractivity contribution >= 4 is 0 Å². The highest BCUT2D eigenvalue weighted by atomic mass is 15.2. The Hall–Kier alpha value is -0.0400. The van der Waals surface area contributed by atoms with Crippen LogP contribution in [0.15, 0.2) is 0 Å². The maximum absolute atomic E-state index is 2.63. The Balaban J connectivity index is 1.58. The molecule has 2 fully saturated rings. The lowest BCUT2D eigenvalue weighted by molar-refractivity contribution is 0.0515. The molecule has 1 aliphatic carbocycles. The van der Waals surface area contributed by atoms with Gasteiger partial charge in [-0.2, -0.15) is 0 Å². The van der Waals surface area contributed by atoms with E-state index < -0.39 is 0 Å². The second-order valence-corrected chi connectivity index (χ2v) is 4.94. The van der Waals surface area contributed by atoms with Crippen molar-refractivity contribution in [1.29, 1.82) is 0 Å². The predicted molar refractivity (Wildman–Crippen MR) is 52.1 cm³/mol. The lowest BCUT2D eigenvalue weighted by Crippen LogP contribution is -2.48. The van der Waals surface area contributed by atoms with Crippen LogP contribution in [0.5, 0.6) is 0 Å². The number of likely N-dealkylation sites (tertiary alicyclic amines) is 1. The van der Waals surface area contributed by atoms with Gasteiger partial charge in [0.15, 0.2) is 0 Å². The number of hydrogen-bond acceptors (Lipinski definition) is 1. The van der Waals surface area contributed by atoms with Crippen molar-refractivity contribution in [1.82, 2.24) is 4.90 Å². The van der Waals surface area contributed by atoms with Crippen LogP contribution in [-0.2, 0) is 0 Å². The topological polar surface area (TPSA) is 3.24 Å². The SMILES string of the molecule is CCC1CC(CN2CC(C)C2)C1. The fraction of sp³-hybridized carbons (Fsp3) is 1.00. The van der Waals surface area contributed by atoms with Gasteiger partial charge in [-0.25, -0.2) is 0 Å². The summed E-state index contributed by atoms with van der Waals surface area (Å²) in [5.41, 5.74) is 0. The van der Waals surface area contributed by atoms with Crippen molar-refractivity contribution in [2.24, 2.45) is 17.8 Å². The summed E-state index contributed by atoms with van der Waals surface area (Å²) in [5, 5.41) is 0. The van der Waals surface area contributed by atoms with E-state index in [1.54, 1.807) is 0 Å². The molecule has 1 heterocycles. The van der Waals surface area contributed by atoms with Gasteiger partial charge < -0.3 is 4.90 Å². The quantitative estimate of drug-likeness (QED) is 0.624. The monoisotopic (exact) mass is 167 g/mol. The lowest BCUT2D eigenvalue weighted by Gasteiger charge is -2.44. The van der Waals surface area contributed by atoms with Crippen molar-refractivity contribution in [3.63, 3.8) is 0 Å². The molecule has 1 aliphatic heterocycles. The van der Waals surface area contributed by atoms with Gasteiger partial charge >= 0.3 is 0 Å². The summed E-state index contributed by atoms with van der Waals surface area (Å²) in [5.74, 6) is 3.11. The van der Waals surface area contributed by atoms with E-state index in [4.69, 9.17) is 0 Å². The summed E-state index contributed by atoms with van der Waals surface area (Å²) >= 11 is 0. The summed E-state index contributed by atoms with van der Waals surface area (Å²) in [6, 6.07) is 0. The maximum atomic E-state index is 2.63. The summed E-state index contributed by atoms with van der Waals surface area (Å²) in [6.45, 7) is 8.82. The zero-order chi connectivity index (χ0) is 8.55. The summed E-state index contributed by atoms with van der Waals surface area (Å²) in [6.07, 6.45) is 4.44. The minimum Gasteiger partial charge on any atom is -0.302 e. The largest absolute Gasteiger partial charge is 0.302 e. The van der Waals surface area contributed by atoms with Crippen molar-refractivity contribution in [2.45, 2.75) is 33.1 Å². The van der Waals surface area contributed by atoms with E-state index in [1.807, 2.05) is 0 Å². The Morgan fingerprint density at radius 2 is 1.83 bits per heavy atom. The first-order valence-corrected chi connectivity index (χ1v) is 5.50. The Bertz CT molecular complexity index is 143. The Morgan fingerprint density at radius 3 is 2.33 bits per heavy atom. The minimum absolute atomic E-state index is 0.979. The molecule has 12 heavy (non-hydrogen) atoms. The molecular formula is C11H21N. The van der Waals surface area contributed by atoms with Gasteiger partial charge in [0.25, 0.3) is 0 Å². The van der Waals surface area contributed by atoms with Gasteiger partial charge in [-0.1, -0.05) is 20.3 Å². The molecule has 0 aromatic heterocycles. The van der Waals surface area contributed by atoms with Crippen LogP contribution in [0.4, 0.5) is 0 Å². The lowest BCUT2D eigenvalue weighted by atomic mass is 9.73. The average Bonchev–Trinajstić information content (AvgIpc) is 1.91. The number of rotatable bonds is 3. The first kappa shape index (κ1) is 8.55. The molecule has 0 unspecified atom stereocenters. The molecule has 0 bridgehead atoms. The van der Waals surface area contributed by atoms with Crippen LogP contribution in [-0.4, -0.2) is 24.5 Å². The molecule has 1 nitrogen and oxygen atoms in total. The Labute approximate surface area is 76.1 Å². The molecular weight excluding hydrogens is 146 g/mol. The van der Waals surface area contributed by atoms with E-state index >= 15 is 0 Å². The first-order chi connectivity index (χ1) is 5.78. The van der Waals surface area contributed by atoms with Gasteiger partial charge in [0.05, 0.1) is 0 Å². The second kappa shape index (κ2) is 3.37. The molecule has 2 aliphatic rings. The standard InChI is InChI=1S/C11H21N/c1-3-10-4-11(5-10)8-12-6-9(2)7-12/h9-11H,3-8H2,1-2H3. The molecule has 0 aromatic carbocycles. The van der Waals surface area contributed by atoms with Crippen LogP contribution in [0, 0.1) is 17.8 Å². The van der Waals surface area contributed by atoms with Crippen LogP contribution < -0.4 is 0 Å². The molecule has 0 spiro atoms. The fourth-order valence-corrected chi connectivity index (χ4v) is 2.70. The molecule has 0 amide bonds. The van der Waals surface area contributed by atoms with Gasteiger partial charge in [0, 0.05) is 19.6 Å². The third-order valence-electron chi connectivity index (χ3n) is 3.57. The van der Waals surface area contributed by atoms with E-state index in [-0.39, 0.29) is 0 Å². The fourth-order valence-electron chi connectivity index (χ4n) is 2.70. The minimum atomic E-state index is 0.979. The maximum Gasteiger partial charge on any atom is 0.00195 e. The van der Waals surface area contributed by atoms with E-state index in [2.05, 4.69) is 18.7 Å². The van der Waals surface area contributed by atoms with E-state index in [0.29, 0.717) is 0 Å². The van der Waals surface area contributed by atoms with Crippen molar-refractivity contribution in [3.05, 3.63) is 0 Å². The first-order valence-electron chi connectivity index (χ1n) is 5.50. The average molecular weight is 167 g/mol. The van der Waals surface area contributed by atoms with Crippen LogP contribution >= 0.6 is 0 Å². The molecule has 0 atom stereocenters.